The second-order valence-corrected chi connectivity index (χ2v) is 7.82. The molecule has 1 heterocycles. The van der Waals surface area contributed by atoms with Gasteiger partial charge >= 0.3 is 5.97 Å². The lowest BCUT2D eigenvalue weighted by Gasteiger charge is -2.21. The van der Waals surface area contributed by atoms with E-state index in [1.54, 1.807) is 0 Å². The van der Waals surface area contributed by atoms with E-state index in [4.69, 9.17) is 4.74 Å². The summed E-state index contributed by atoms with van der Waals surface area (Å²) in [6.07, 6.45) is 4.78. The molecule has 160 valence electrons. The number of anilines is 1. The number of imide groups is 1. The fourth-order valence-electron chi connectivity index (χ4n) is 3.73. The number of rotatable bonds is 7. The minimum Gasteiger partial charge on any atom is -0.454 e. The van der Waals surface area contributed by atoms with Crippen molar-refractivity contribution in [2.45, 2.75) is 32.4 Å². The Kier molecular flexibility index (Phi) is 6.54. The van der Waals surface area contributed by atoms with Crippen molar-refractivity contribution in [2.75, 3.05) is 25.6 Å². The van der Waals surface area contributed by atoms with Gasteiger partial charge in [0.2, 0.25) is 11.8 Å². The number of fused-ring (bicyclic) bond motifs is 1. The van der Waals surface area contributed by atoms with Gasteiger partial charge in [0, 0.05) is 26.3 Å². The van der Waals surface area contributed by atoms with Crippen LogP contribution in [0.4, 0.5) is 5.69 Å². The standard InChI is InChI=1S/C22H27N3O5/c1-14(25-20(27)17-6-4-5-7-18(17)21(25)28)22(29)30-13-19(26)23-12-15-8-10-16(11-9-15)24(2)3/h4-5,8-11,14,17-18H,6-7,12-13H2,1-3H3,(H,23,26)/t14-,17+,18+/m0/s1. The molecule has 1 saturated heterocycles. The van der Waals surface area contributed by atoms with Gasteiger partial charge in [-0.1, -0.05) is 24.3 Å². The van der Waals surface area contributed by atoms with Gasteiger partial charge in [-0.25, -0.2) is 4.79 Å². The quantitative estimate of drug-likeness (QED) is 0.411. The maximum Gasteiger partial charge on any atom is 0.329 e. The molecule has 0 bridgehead atoms. The molecule has 1 fully saturated rings. The summed E-state index contributed by atoms with van der Waals surface area (Å²) in [4.78, 5) is 52.4. The number of nitrogens with zero attached hydrogens (tertiary/aromatic N) is 2. The predicted octanol–water partition coefficient (Wildman–Crippen LogP) is 1.25. The average molecular weight is 413 g/mol. The second-order valence-electron chi connectivity index (χ2n) is 7.82. The highest BCUT2D eigenvalue weighted by Crippen LogP contribution is 2.36. The highest BCUT2D eigenvalue weighted by molar-refractivity contribution is 6.08. The number of carbonyl (C=O) groups excluding carboxylic acids is 4. The normalized spacial score (nSPS) is 21.2. The maximum atomic E-state index is 12.5. The lowest BCUT2D eigenvalue weighted by Crippen LogP contribution is -2.45. The zero-order valence-electron chi connectivity index (χ0n) is 17.5. The predicted molar refractivity (Wildman–Crippen MR) is 110 cm³/mol. The number of amides is 3. The lowest BCUT2D eigenvalue weighted by atomic mass is 9.85. The van der Waals surface area contributed by atoms with Crippen LogP contribution in [0.5, 0.6) is 0 Å². The summed E-state index contributed by atoms with van der Waals surface area (Å²) in [6.45, 7) is 1.29. The van der Waals surface area contributed by atoms with E-state index in [1.807, 2.05) is 55.4 Å². The smallest absolute Gasteiger partial charge is 0.329 e. The Morgan fingerprint density at radius 2 is 1.67 bits per heavy atom. The number of hydrogen-bond acceptors (Lipinski definition) is 6. The largest absolute Gasteiger partial charge is 0.454 e. The topological polar surface area (TPSA) is 96.0 Å². The summed E-state index contributed by atoms with van der Waals surface area (Å²) < 4.78 is 5.05. The number of esters is 1. The molecule has 0 aromatic heterocycles. The van der Waals surface area contributed by atoms with Gasteiger partial charge in [-0.3, -0.25) is 19.3 Å². The molecule has 3 rings (SSSR count). The highest BCUT2D eigenvalue weighted by atomic mass is 16.5. The molecule has 2 aliphatic rings. The summed E-state index contributed by atoms with van der Waals surface area (Å²) in [7, 11) is 3.89. The molecule has 1 aliphatic heterocycles. The van der Waals surface area contributed by atoms with E-state index in [0.29, 0.717) is 19.4 Å². The van der Waals surface area contributed by atoms with Crippen molar-refractivity contribution in [1.29, 1.82) is 0 Å². The lowest BCUT2D eigenvalue weighted by molar-refractivity contribution is -0.159. The average Bonchev–Trinajstić information content (AvgIpc) is 3.00. The number of benzene rings is 1. The van der Waals surface area contributed by atoms with Crippen LogP contribution < -0.4 is 10.2 Å². The van der Waals surface area contributed by atoms with Crippen LogP contribution in [0.1, 0.15) is 25.3 Å². The fraction of sp³-hybridized carbons (Fsp3) is 0.455. The van der Waals surface area contributed by atoms with Gasteiger partial charge in [-0.05, 0) is 37.5 Å². The number of hydrogen-bond donors (Lipinski definition) is 1. The minimum absolute atomic E-state index is 0.305. The van der Waals surface area contributed by atoms with Gasteiger partial charge in [-0.2, -0.15) is 0 Å². The zero-order chi connectivity index (χ0) is 21.8. The molecule has 0 spiro atoms. The minimum atomic E-state index is -1.05. The Bertz CT molecular complexity index is 836. The molecule has 3 atom stereocenters. The molecular weight excluding hydrogens is 386 g/mol. The van der Waals surface area contributed by atoms with E-state index in [9.17, 15) is 19.2 Å². The Balaban J connectivity index is 1.47. The van der Waals surface area contributed by atoms with Gasteiger partial charge in [-0.15, -0.1) is 0 Å². The Labute approximate surface area is 175 Å². The van der Waals surface area contributed by atoms with Crippen molar-refractivity contribution in [3.05, 3.63) is 42.0 Å². The summed E-state index contributed by atoms with van der Waals surface area (Å²) >= 11 is 0. The molecule has 1 N–H and O–H groups in total. The number of carbonyl (C=O) groups is 4. The van der Waals surface area contributed by atoms with E-state index < -0.39 is 36.4 Å². The van der Waals surface area contributed by atoms with Crippen LogP contribution in [-0.4, -0.2) is 55.3 Å². The molecule has 1 aliphatic carbocycles. The molecule has 30 heavy (non-hydrogen) atoms. The van der Waals surface area contributed by atoms with Crippen LogP contribution in [-0.2, 0) is 30.5 Å². The molecule has 0 saturated carbocycles. The first-order chi connectivity index (χ1) is 14.3. The van der Waals surface area contributed by atoms with Crippen molar-refractivity contribution < 1.29 is 23.9 Å². The van der Waals surface area contributed by atoms with Crippen LogP contribution in [0.25, 0.3) is 0 Å². The molecule has 8 nitrogen and oxygen atoms in total. The van der Waals surface area contributed by atoms with Gasteiger partial charge in [0.25, 0.3) is 5.91 Å². The summed E-state index contributed by atoms with van der Waals surface area (Å²) in [5, 5.41) is 2.68. The van der Waals surface area contributed by atoms with Crippen molar-refractivity contribution in [3.63, 3.8) is 0 Å². The highest BCUT2D eigenvalue weighted by Gasteiger charge is 2.50. The Morgan fingerprint density at radius 1 is 1.10 bits per heavy atom. The number of allylic oxidation sites excluding steroid dienone is 2. The van der Waals surface area contributed by atoms with Crippen LogP contribution >= 0.6 is 0 Å². The van der Waals surface area contributed by atoms with Crippen molar-refractivity contribution in [1.82, 2.24) is 10.2 Å². The first-order valence-electron chi connectivity index (χ1n) is 10.0. The van der Waals surface area contributed by atoms with Crippen molar-refractivity contribution >= 4 is 29.4 Å². The molecule has 0 unspecified atom stereocenters. The van der Waals surface area contributed by atoms with Crippen LogP contribution in [0, 0.1) is 11.8 Å². The summed E-state index contributed by atoms with van der Waals surface area (Å²) in [6, 6.07) is 6.65. The second kappa shape index (κ2) is 9.11. The van der Waals surface area contributed by atoms with Crippen LogP contribution in [0.15, 0.2) is 36.4 Å². The SMILES string of the molecule is C[C@@H](C(=O)OCC(=O)NCc1ccc(N(C)C)cc1)N1C(=O)[C@@H]2CC=CC[C@H]2C1=O. The molecule has 8 heteroatoms. The molecule has 1 aromatic rings. The first-order valence-corrected chi connectivity index (χ1v) is 10.0. The van der Waals surface area contributed by atoms with Crippen LogP contribution in [0.2, 0.25) is 0 Å². The molecule has 0 radical (unpaired) electrons. The third-order valence-electron chi connectivity index (χ3n) is 5.56. The summed E-state index contributed by atoms with van der Waals surface area (Å²) in [5.41, 5.74) is 1.97. The van der Waals surface area contributed by atoms with Gasteiger partial charge in [0.1, 0.15) is 6.04 Å². The molecule has 3 amide bonds. The van der Waals surface area contributed by atoms with E-state index in [-0.39, 0.29) is 11.8 Å². The van der Waals surface area contributed by atoms with Gasteiger partial charge in [0.15, 0.2) is 6.61 Å². The summed E-state index contributed by atoms with van der Waals surface area (Å²) in [5.74, 6) is -2.72. The van der Waals surface area contributed by atoms with Crippen molar-refractivity contribution in [3.8, 4) is 0 Å². The Morgan fingerprint density at radius 3 is 2.20 bits per heavy atom. The number of ether oxygens (including phenoxy) is 1. The van der Waals surface area contributed by atoms with Crippen LogP contribution in [0.3, 0.4) is 0 Å². The van der Waals surface area contributed by atoms with Gasteiger partial charge < -0.3 is 15.0 Å². The third-order valence-corrected chi connectivity index (χ3v) is 5.56. The Hall–Kier alpha value is -3.16. The van der Waals surface area contributed by atoms with Crippen molar-refractivity contribution in [2.24, 2.45) is 11.8 Å². The van der Waals surface area contributed by atoms with E-state index in [2.05, 4.69) is 5.32 Å². The van der Waals surface area contributed by atoms with E-state index in [0.717, 1.165) is 16.2 Å². The third kappa shape index (κ3) is 4.53. The molecular formula is C22H27N3O5. The number of likely N-dealkylation sites (tertiary alicyclic amines) is 1. The molecule has 1 aromatic carbocycles. The maximum absolute atomic E-state index is 12.5. The first kappa shape index (κ1) is 21.5. The van der Waals surface area contributed by atoms with E-state index >= 15 is 0 Å². The monoisotopic (exact) mass is 413 g/mol. The van der Waals surface area contributed by atoms with Gasteiger partial charge in [0.05, 0.1) is 11.8 Å². The number of nitrogens with one attached hydrogen (secondary N) is 1. The zero-order valence-corrected chi connectivity index (χ0v) is 17.5. The van der Waals surface area contributed by atoms with E-state index in [1.165, 1.54) is 6.92 Å². The fourth-order valence-corrected chi connectivity index (χ4v) is 3.73.